The highest BCUT2D eigenvalue weighted by atomic mass is 32.2. The molecule has 5 heteroatoms. The number of aryl methyl sites for hydroxylation is 1. The highest BCUT2D eigenvalue weighted by Gasteiger charge is 2.11. The van der Waals surface area contributed by atoms with E-state index in [0.29, 0.717) is 10.9 Å². The number of nitrogens with one attached hydrogen (secondary N) is 1. The molecule has 0 amide bonds. The molecule has 19 heavy (non-hydrogen) atoms. The van der Waals surface area contributed by atoms with Gasteiger partial charge in [-0.2, -0.15) is 0 Å². The van der Waals surface area contributed by atoms with Gasteiger partial charge in [-0.25, -0.2) is 4.98 Å². The number of rotatable bonds is 3. The fourth-order valence-corrected chi connectivity index (χ4v) is 2.82. The molecule has 1 N–H and O–H groups in total. The number of hydrogen-bond donors (Lipinski definition) is 1. The molecule has 0 saturated carbocycles. The maximum atomic E-state index is 12.2. The number of fused-ring (bicyclic) bond motifs is 1. The largest absolute Gasteiger partial charge is 0.331 e. The van der Waals surface area contributed by atoms with Gasteiger partial charge in [0.2, 0.25) is 0 Å². The van der Waals surface area contributed by atoms with Crippen LogP contribution >= 0.6 is 0 Å². The molecular weight excluding hydrogens is 258 g/mol. The van der Waals surface area contributed by atoms with E-state index < -0.39 is 10.8 Å². The van der Waals surface area contributed by atoms with Gasteiger partial charge in [0.25, 0.3) is 0 Å². The van der Waals surface area contributed by atoms with Gasteiger partial charge in [-0.15, -0.1) is 0 Å². The molecule has 0 radical (unpaired) electrons. The van der Waals surface area contributed by atoms with E-state index in [1.165, 1.54) is 0 Å². The highest BCUT2D eigenvalue weighted by molar-refractivity contribution is 7.84. The summed E-state index contributed by atoms with van der Waals surface area (Å²) >= 11 is 0. The topological polar surface area (TPSA) is 58.6 Å². The van der Waals surface area contributed by atoms with E-state index in [1.807, 2.05) is 43.3 Å². The number of aromatic amines is 1. The van der Waals surface area contributed by atoms with Crippen LogP contribution in [-0.4, -0.2) is 19.2 Å². The van der Waals surface area contributed by atoms with Gasteiger partial charge in [-0.1, -0.05) is 18.2 Å². The molecule has 0 bridgehead atoms. The third-order valence-corrected chi connectivity index (χ3v) is 4.02. The number of benzene rings is 1. The van der Waals surface area contributed by atoms with Crippen molar-refractivity contribution in [2.24, 2.45) is 0 Å². The number of pyridine rings is 1. The standard InChI is InChI=1S/C14H13N3OS/c1-10-6-7-11(15-8-10)9-19(18)14-16-12-4-2-3-5-13(12)17-14/h2-8H,9H2,1H3,(H,16,17). The lowest BCUT2D eigenvalue weighted by molar-refractivity contribution is 0.677. The molecular formula is C14H13N3OS. The van der Waals surface area contributed by atoms with E-state index in [0.717, 1.165) is 22.3 Å². The zero-order chi connectivity index (χ0) is 13.2. The molecule has 0 aliphatic rings. The van der Waals surface area contributed by atoms with E-state index in [2.05, 4.69) is 15.0 Å². The normalized spacial score (nSPS) is 12.7. The summed E-state index contributed by atoms with van der Waals surface area (Å²) in [6.45, 7) is 1.98. The quantitative estimate of drug-likeness (QED) is 0.796. The van der Waals surface area contributed by atoms with Crippen LogP contribution in [0.3, 0.4) is 0 Å². The second-order valence-corrected chi connectivity index (χ2v) is 5.74. The fraction of sp³-hybridized carbons (Fsp3) is 0.143. The van der Waals surface area contributed by atoms with Crippen molar-refractivity contribution < 1.29 is 4.21 Å². The Labute approximate surface area is 113 Å². The molecule has 0 aliphatic heterocycles. The fourth-order valence-electron chi connectivity index (χ4n) is 1.82. The first-order valence-corrected chi connectivity index (χ1v) is 7.29. The van der Waals surface area contributed by atoms with Crippen molar-refractivity contribution in [1.29, 1.82) is 0 Å². The zero-order valence-electron chi connectivity index (χ0n) is 10.5. The maximum absolute atomic E-state index is 12.2. The Morgan fingerprint density at radius 2 is 2.05 bits per heavy atom. The lowest BCUT2D eigenvalue weighted by Crippen LogP contribution is -2.00. The minimum absolute atomic E-state index is 0.375. The SMILES string of the molecule is Cc1ccc(CS(=O)c2nc3ccccc3[nH]2)nc1. The summed E-state index contributed by atoms with van der Waals surface area (Å²) in [5, 5.41) is 0.503. The lowest BCUT2D eigenvalue weighted by atomic mass is 10.3. The molecule has 1 aromatic carbocycles. The number of hydrogen-bond acceptors (Lipinski definition) is 3. The monoisotopic (exact) mass is 271 g/mol. The second-order valence-electron chi connectivity index (χ2n) is 4.38. The predicted molar refractivity (Wildman–Crippen MR) is 75.2 cm³/mol. The van der Waals surface area contributed by atoms with Gasteiger partial charge in [-0.05, 0) is 30.7 Å². The molecule has 0 fully saturated rings. The summed E-state index contributed by atoms with van der Waals surface area (Å²) in [5.41, 5.74) is 3.65. The molecule has 0 aliphatic carbocycles. The van der Waals surface area contributed by atoms with Crippen molar-refractivity contribution in [2.75, 3.05) is 0 Å². The molecule has 1 unspecified atom stereocenters. The van der Waals surface area contributed by atoms with Crippen LogP contribution < -0.4 is 0 Å². The molecule has 0 saturated heterocycles. The number of nitrogens with zero attached hydrogens (tertiary/aromatic N) is 2. The number of H-pyrrole nitrogens is 1. The Morgan fingerprint density at radius 3 is 2.79 bits per heavy atom. The molecule has 4 nitrogen and oxygen atoms in total. The third kappa shape index (κ3) is 2.56. The predicted octanol–water partition coefficient (Wildman–Crippen LogP) is 2.57. The van der Waals surface area contributed by atoms with Crippen molar-refractivity contribution in [1.82, 2.24) is 15.0 Å². The van der Waals surface area contributed by atoms with Crippen LogP contribution in [0.25, 0.3) is 11.0 Å². The first kappa shape index (κ1) is 12.0. The van der Waals surface area contributed by atoms with Crippen molar-refractivity contribution >= 4 is 21.8 Å². The van der Waals surface area contributed by atoms with E-state index in [-0.39, 0.29) is 0 Å². The number of imidazole rings is 1. The van der Waals surface area contributed by atoms with E-state index in [1.54, 1.807) is 6.20 Å². The van der Waals surface area contributed by atoms with Gasteiger partial charge in [0.05, 0.1) is 33.3 Å². The Kier molecular flexibility index (Phi) is 3.13. The average molecular weight is 271 g/mol. The summed E-state index contributed by atoms with van der Waals surface area (Å²) < 4.78 is 12.2. The van der Waals surface area contributed by atoms with Crippen LogP contribution in [-0.2, 0) is 16.6 Å². The first-order chi connectivity index (χ1) is 9.22. The third-order valence-electron chi connectivity index (χ3n) is 2.83. The Bertz CT molecular complexity index is 701. The zero-order valence-corrected chi connectivity index (χ0v) is 11.3. The summed E-state index contributed by atoms with van der Waals surface area (Å²) in [6.07, 6.45) is 1.78. The van der Waals surface area contributed by atoms with Crippen molar-refractivity contribution in [3.05, 3.63) is 53.9 Å². The second kappa shape index (κ2) is 4.93. The molecule has 96 valence electrons. The molecule has 2 heterocycles. The summed E-state index contributed by atoms with van der Waals surface area (Å²) in [7, 11) is -1.20. The van der Waals surface area contributed by atoms with E-state index >= 15 is 0 Å². The Morgan fingerprint density at radius 1 is 1.21 bits per heavy atom. The molecule has 0 spiro atoms. The summed E-state index contributed by atoms with van der Waals surface area (Å²) in [6, 6.07) is 11.5. The van der Waals surface area contributed by atoms with Crippen LogP contribution in [0.15, 0.2) is 47.8 Å². The highest BCUT2D eigenvalue weighted by Crippen LogP contribution is 2.14. The van der Waals surface area contributed by atoms with Crippen molar-refractivity contribution in [2.45, 2.75) is 17.8 Å². The van der Waals surface area contributed by atoms with E-state index in [4.69, 9.17) is 0 Å². The molecule has 3 rings (SSSR count). The van der Waals surface area contributed by atoms with Gasteiger partial charge in [0.1, 0.15) is 0 Å². The van der Waals surface area contributed by atoms with Crippen LogP contribution in [0.2, 0.25) is 0 Å². The van der Waals surface area contributed by atoms with E-state index in [9.17, 15) is 4.21 Å². The van der Waals surface area contributed by atoms with Crippen LogP contribution in [0, 0.1) is 6.92 Å². The van der Waals surface area contributed by atoms with Gasteiger partial charge in [0, 0.05) is 6.20 Å². The minimum atomic E-state index is -1.20. The lowest BCUT2D eigenvalue weighted by Gasteiger charge is -1.99. The summed E-state index contributed by atoms with van der Waals surface area (Å²) in [4.78, 5) is 11.7. The number of aromatic nitrogens is 3. The minimum Gasteiger partial charge on any atom is -0.331 e. The Hall–Kier alpha value is -2.01. The summed E-state index contributed by atoms with van der Waals surface area (Å²) in [5.74, 6) is 0.375. The van der Waals surface area contributed by atoms with Crippen LogP contribution in [0.4, 0.5) is 0 Å². The number of para-hydroxylation sites is 2. The first-order valence-electron chi connectivity index (χ1n) is 5.97. The van der Waals surface area contributed by atoms with Gasteiger partial charge < -0.3 is 4.98 Å². The van der Waals surface area contributed by atoms with Crippen molar-refractivity contribution in [3.63, 3.8) is 0 Å². The smallest absolute Gasteiger partial charge is 0.197 e. The van der Waals surface area contributed by atoms with Gasteiger partial charge in [0.15, 0.2) is 5.16 Å². The molecule has 2 aromatic heterocycles. The van der Waals surface area contributed by atoms with Crippen molar-refractivity contribution in [3.8, 4) is 0 Å². The maximum Gasteiger partial charge on any atom is 0.197 e. The molecule has 1 atom stereocenters. The van der Waals surface area contributed by atoms with Crippen LogP contribution in [0.1, 0.15) is 11.3 Å². The Balaban J connectivity index is 1.85. The van der Waals surface area contributed by atoms with Crippen LogP contribution in [0.5, 0.6) is 0 Å². The average Bonchev–Trinajstić information content (AvgIpc) is 2.85. The van der Waals surface area contributed by atoms with Gasteiger partial charge in [-0.3, -0.25) is 9.19 Å². The van der Waals surface area contributed by atoms with Gasteiger partial charge >= 0.3 is 0 Å². The molecule has 3 aromatic rings.